The summed E-state index contributed by atoms with van der Waals surface area (Å²) in [5.41, 5.74) is 1.37. The van der Waals surface area contributed by atoms with Gasteiger partial charge in [0.25, 0.3) is 0 Å². The van der Waals surface area contributed by atoms with Gasteiger partial charge in [-0.15, -0.1) is 0 Å². The van der Waals surface area contributed by atoms with Crippen LogP contribution in [0, 0.1) is 6.92 Å². The first kappa shape index (κ1) is 20.1. The Kier molecular flexibility index (Phi) is 7.37. The van der Waals surface area contributed by atoms with Crippen LogP contribution in [-0.2, 0) is 25.7 Å². The molecule has 1 heterocycles. The van der Waals surface area contributed by atoms with Gasteiger partial charge >= 0.3 is 11.9 Å². The minimum atomic E-state index is -1.16. The van der Waals surface area contributed by atoms with Crippen molar-refractivity contribution in [3.8, 4) is 0 Å². The summed E-state index contributed by atoms with van der Waals surface area (Å²) in [4.78, 5) is 23.2. The Balaban J connectivity index is 2.94. The molecule has 0 fully saturated rings. The Bertz CT molecular complexity index is 617. The molecule has 0 unspecified atom stereocenters. The molecule has 8 heteroatoms. The van der Waals surface area contributed by atoms with Gasteiger partial charge in [-0.05, 0) is 19.0 Å². The highest BCUT2D eigenvalue weighted by Gasteiger charge is 2.20. The first-order valence-corrected chi connectivity index (χ1v) is 11.4. The lowest BCUT2D eigenvalue weighted by Gasteiger charge is -2.15. The maximum absolute atomic E-state index is 11.9. The molecule has 0 saturated carbocycles. The number of carbonyl (C=O) groups excluding carboxylic acids is 2. The molecule has 0 aliphatic heterocycles. The zero-order chi connectivity index (χ0) is 18.3. The van der Waals surface area contributed by atoms with Gasteiger partial charge in [-0.1, -0.05) is 19.6 Å². The van der Waals surface area contributed by atoms with E-state index in [4.69, 9.17) is 9.47 Å². The zero-order valence-corrected chi connectivity index (χ0v) is 16.2. The van der Waals surface area contributed by atoms with Crippen molar-refractivity contribution in [1.82, 2.24) is 9.78 Å². The molecule has 0 radical (unpaired) electrons. The molecule has 0 aromatic carbocycles. The predicted octanol–water partition coefficient (Wildman–Crippen LogP) is 2.48. The fourth-order valence-electron chi connectivity index (χ4n) is 1.88. The smallest absolute Gasteiger partial charge is 0.359 e. The summed E-state index contributed by atoms with van der Waals surface area (Å²) in [6.07, 6.45) is 2.74. The topological polar surface area (TPSA) is 79.7 Å². The van der Waals surface area contributed by atoms with E-state index in [9.17, 15) is 9.59 Å². The molecule has 24 heavy (non-hydrogen) atoms. The van der Waals surface area contributed by atoms with E-state index in [1.165, 1.54) is 26.4 Å². The van der Waals surface area contributed by atoms with Crippen LogP contribution >= 0.6 is 0 Å². The largest absolute Gasteiger partial charge is 0.466 e. The maximum Gasteiger partial charge on any atom is 0.359 e. The number of aromatic nitrogens is 2. The minimum Gasteiger partial charge on any atom is -0.466 e. The van der Waals surface area contributed by atoms with E-state index in [0.29, 0.717) is 17.9 Å². The second-order valence-corrected chi connectivity index (χ2v) is 12.2. The van der Waals surface area contributed by atoms with Crippen LogP contribution in [0.4, 0.5) is 0 Å². The van der Waals surface area contributed by atoms with Crippen LogP contribution < -0.4 is 0 Å². The molecule has 0 N–H and O–H groups in total. The highest BCUT2D eigenvalue weighted by atomic mass is 28.3. The molecule has 0 amide bonds. The van der Waals surface area contributed by atoms with E-state index in [2.05, 4.69) is 29.5 Å². The molecule has 1 aromatic rings. The Labute approximate surface area is 143 Å². The number of carbonyl (C=O) groups is 2. The normalized spacial score (nSPS) is 11.8. The Hall–Kier alpha value is -1.93. The highest BCUT2D eigenvalue weighted by Crippen LogP contribution is 2.17. The summed E-state index contributed by atoms with van der Waals surface area (Å²) in [5, 5.41) is 4.24. The van der Waals surface area contributed by atoms with Crippen LogP contribution in [0.15, 0.2) is 6.08 Å². The van der Waals surface area contributed by atoms with Crippen molar-refractivity contribution in [2.75, 3.05) is 20.8 Å². The van der Waals surface area contributed by atoms with Crippen LogP contribution in [-0.4, -0.2) is 50.6 Å². The van der Waals surface area contributed by atoms with Gasteiger partial charge in [-0.2, -0.15) is 5.10 Å². The number of ether oxygens (including phenoxy) is 3. The number of nitrogens with zero attached hydrogens (tertiary/aromatic N) is 2. The molecule has 1 rings (SSSR count). The molecule has 0 bridgehead atoms. The lowest BCUT2D eigenvalue weighted by Crippen LogP contribution is -2.22. The second-order valence-electron chi connectivity index (χ2n) is 6.54. The van der Waals surface area contributed by atoms with Crippen molar-refractivity contribution in [3.05, 3.63) is 23.0 Å². The van der Waals surface area contributed by atoms with Gasteiger partial charge in [0.1, 0.15) is 6.73 Å². The number of esters is 2. The van der Waals surface area contributed by atoms with Crippen LogP contribution in [0.3, 0.4) is 0 Å². The minimum absolute atomic E-state index is 0.143. The predicted molar refractivity (Wildman–Crippen MR) is 93.5 cm³/mol. The van der Waals surface area contributed by atoms with Crippen molar-refractivity contribution in [1.29, 1.82) is 0 Å². The fraction of sp³-hybridized carbons (Fsp3) is 0.562. The zero-order valence-electron chi connectivity index (χ0n) is 15.2. The molecule has 1 aromatic heterocycles. The summed E-state index contributed by atoms with van der Waals surface area (Å²) in [5.74, 6) is -1.08. The molecular weight excluding hydrogens is 328 g/mol. The van der Waals surface area contributed by atoms with E-state index < -0.39 is 20.0 Å². The van der Waals surface area contributed by atoms with E-state index in [1.54, 1.807) is 11.6 Å². The van der Waals surface area contributed by atoms with Crippen molar-refractivity contribution in [2.45, 2.75) is 39.3 Å². The number of hydrogen-bond donors (Lipinski definition) is 0. The standard InChI is InChI=1S/C16H26N2O5Si/c1-12-13(7-8-14(19)21-2)15(16(20)22-3)17-18(12)11-23-9-10-24(4,5)6/h7-8H,9-11H2,1-6H3/b8-7+. The van der Waals surface area contributed by atoms with E-state index in [-0.39, 0.29) is 12.4 Å². The van der Waals surface area contributed by atoms with Crippen LogP contribution in [0.25, 0.3) is 6.08 Å². The number of hydrogen-bond acceptors (Lipinski definition) is 6. The lowest BCUT2D eigenvalue weighted by atomic mass is 10.1. The fourth-order valence-corrected chi connectivity index (χ4v) is 2.64. The Morgan fingerprint density at radius 2 is 1.88 bits per heavy atom. The average molecular weight is 354 g/mol. The highest BCUT2D eigenvalue weighted by molar-refractivity contribution is 6.76. The number of methoxy groups -OCH3 is 2. The summed E-state index contributed by atoms with van der Waals surface area (Å²) in [6, 6.07) is 1.05. The van der Waals surface area contributed by atoms with Gasteiger partial charge in [0.2, 0.25) is 0 Å². The van der Waals surface area contributed by atoms with Crippen LogP contribution in [0.5, 0.6) is 0 Å². The molecule has 7 nitrogen and oxygen atoms in total. The third-order valence-corrected chi connectivity index (χ3v) is 5.13. The van der Waals surface area contributed by atoms with Crippen molar-refractivity contribution < 1.29 is 23.8 Å². The molecule has 0 saturated heterocycles. The molecule has 0 aliphatic carbocycles. The molecule has 0 spiro atoms. The van der Waals surface area contributed by atoms with E-state index in [0.717, 1.165) is 6.04 Å². The first-order valence-electron chi connectivity index (χ1n) is 7.69. The van der Waals surface area contributed by atoms with Gasteiger partial charge in [-0.25, -0.2) is 14.3 Å². The van der Waals surface area contributed by atoms with Crippen molar-refractivity contribution in [2.24, 2.45) is 0 Å². The van der Waals surface area contributed by atoms with Gasteiger partial charge < -0.3 is 14.2 Å². The molecule has 0 aliphatic rings. The number of rotatable bonds is 8. The van der Waals surface area contributed by atoms with Gasteiger partial charge in [-0.3, -0.25) is 0 Å². The second kappa shape index (κ2) is 8.79. The monoisotopic (exact) mass is 354 g/mol. The van der Waals surface area contributed by atoms with E-state index >= 15 is 0 Å². The van der Waals surface area contributed by atoms with Crippen LogP contribution in [0.2, 0.25) is 25.7 Å². The van der Waals surface area contributed by atoms with Crippen LogP contribution in [0.1, 0.15) is 21.7 Å². The third kappa shape index (κ3) is 5.93. The summed E-state index contributed by atoms with van der Waals surface area (Å²) in [6.45, 7) is 9.53. The first-order chi connectivity index (χ1) is 11.2. The van der Waals surface area contributed by atoms with Gasteiger partial charge in [0.05, 0.1) is 14.2 Å². The van der Waals surface area contributed by atoms with Gasteiger partial charge in [0, 0.05) is 32.0 Å². The maximum atomic E-state index is 11.9. The Morgan fingerprint density at radius 1 is 1.21 bits per heavy atom. The average Bonchev–Trinajstić information content (AvgIpc) is 2.83. The Morgan fingerprint density at radius 3 is 2.42 bits per heavy atom. The summed E-state index contributed by atoms with van der Waals surface area (Å²) in [7, 11) is 1.42. The third-order valence-electron chi connectivity index (χ3n) is 3.43. The summed E-state index contributed by atoms with van der Waals surface area (Å²) >= 11 is 0. The van der Waals surface area contributed by atoms with E-state index in [1.807, 2.05) is 0 Å². The van der Waals surface area contributed by atoms with Crippen molar-refractivity contribution in [3.63, 3.8) is 0 Å². The molecular formula is C16H26N2O5Si. The van der Waals surface area contributed by atoms with Crippen molar-refractivity contribution >= 4 is 26.1 Å². The summed E-state index contributed by atoms with van der Waals surface area (Å²) < 4.78 is 16.6. The SMILES string of the molecule is COC(=O)/C=C/c1c(C(=O)OC)nn(COCC[Si](C)(C)C)c1C. The van der Waals surface area contributed by atoms with Gasteiger partial charge in [0.15, 0.2) is 5.69 Å². The molecule has 134 valence electrons. The quantitative estimate of drug-likeness (QED) is 0.309. The lowest BCUT2D eigenvalue weighted by molar-refractivity contribution is -0.134. The molecule has 0 atom stereocenters.